The Balaban J connectivity index is 1.97. The Morgan fingerprint density at radius 1 is 1.19 bits per heavy atom. The van der Waals surface area contributed by atoms with E-state index in [2.05, 4.69) is 10.3 Å². The van der Waals surface area contributed by atoms with Gasteiger partial charge in [-0.1, -0.05) is 36.4 Å². The Kier molecular flexibility index (Phi) is 4.90. The van der Waals surface area contributed by atoms with Crippen LogP contribution >= 0.6 is 0 Å². The first-order valence-corrected chi connectivity index (χ1v) is 6.76. The van der Waals surface area contributed by atoms with Crippen molar-refractivity contribution in [2.45, 2.75) is 25.5 Å². The number of hydrogen-bond acceptors (Lipinski definition) is 4. The van der Waals surface area contributed by atoms with Crippen LogP contribution in [0.5, 0.6) is 0 Å². The highest BCUT2D eigenvalue weighted by Crippen LogP contribution is 2.19. The Bertz CT molecular complexity index is 601. The summed E-state index contributed by atoms with van der Waals surface area (Å²) >= 11 is 0. The maximum absolute atomic E-state index is 10.9. The van der Waals surface area contributed by atoms with E-state index < -0.39 is 12.1 Å². The minimum Gasteiger partial charge on any atom is -0.477 e. The molecule has 0 aliphatic carbocycles. The van der Waals surface area contributed by atoms with Crippen molar-refractivity contribution in [1.82, 2.24) is 4.98 Å². The van der Waals surface area contributed by atoms with E-state index in [0.29, 0.717) is 12.2 Å². The molecule has 0 amide bonds. The van der Waals surface area contributed by atoms with Crippen LogP contribution < -0.4 is 5.32 Å². The number of nitrogens with one attached hydrogen (secondary N) is 1. The van der Waals surface area contributed by atoms with Crippen LogP contribution in [0.25, 0.3) is 0 Å². The monoisotopic (exact) mass is 286 g/mol. The summed E-state index contributed by atoms with van der Waals surface area (Å²) < 4.78 is 0. The number of carbonyl (C=O) groups is 1. The fourth-order valence-electron chi connectivity index (χ4n) is 2.09. The summed E-state index contributed by atoms with van der Waals surface area (Å²) in [5.74, 6) is -0.571. The van der Waals surface area contributed by atoms with E-state index in [9.17, 15) is 9.90 Å². The molecule has 2 unspecified atom stereocenters. The second-order valence-electron chi connectivity index (χ2n) is 4.92. The third-order valence-corrected chi connectivity index (χ3v) is 3.12. The van der Waals surface area contributed by atoms with Gasteiger partial charge in [-0.25, -0.2) is 9.78 Å². The molecule has 0 saturated heterocycles. The molecule has 2 rings (SSSR count). The van der Waals surface area contributed by atoms with Crippen LogP contribution in [0.3, 0.4) is 0 Å². The van der Waals surface area contributed by atoms with Crippen LogP contribution in [0.2, 0.25) is 0 Å². The standard InChI is InChI=1S/C16H18N2O3/c1-11(10-14(19)12-6-3-2-4-7-12)17-15-9-5-8-13(18-15)16(20)21/h2-9,11,14,19H,10H2,1H3,(H,17,18)(H,20,21). The van der Waals surface area contributed by atoms with Crippen LogP contribution in [0.1, 0.15) is 35.5 Å². The molecular formula is C16H18N2O3. The van der Waals surface area contributed by atoms with Crippen LogP contribution in [0.4, 0.5) is 5.82 Å². The number of rotatable bonds is 6. The molecule has 0 radical (unpaired) electrons. The van der Waals surface area contributed by atoms with Crippen LogP contribution in [-0.2, 0) is 0 Å². The van der Waals surface area contributed by atoms with E-state index in [4.69, 9.17) is 5.11 Å². The number of aromatic nitrogens is 1. The van der Waals surface area contributed by atoms with Gasteiger partial charge in [0.2, 0.25) is 0 Å². The van der Waals surface area contributed by atoms with Gasteiger partial charge >= 0.3 is 5.97 Å². The highest BCUT2D eigenvalue weighted by Gasteiger charge is 2.13. The largest absolute Gasteiger partial charge is 0.477 e. The maximum Gasteiger partial charge on any atom is 0.354 e. The van der Waals surface area contributed by atoms with E-state index in [1.165, 1.54) is 6.07 Å². The molecule has 5 nitrogen and oxygen atoms in total. The van der Waals surface area contributed by atoms with Gasteiger partial charge in [-0.2, -0.15) is 0 Å². The highest BCUT2D eigenvalue weighted by atomic mass is 16.4. The van der Waals surface area contributed by atoms with Crippen LogP contribution in [-0.4, -0.2) is 27.2 Å². The highest BCUT2D eigenvalue weighted by molar-refractivity contribution is 5.85. The maximum atomic E-state index is 10.9. The third-order valence-electron chi connectivity index (χ3n) is 3.12. The molecule has 21 heavy (non-hydrogen) atoms. The van der Waals surface area contributed by atoms with E-state index in [0.717, 1.165) is 5.56 Å². The Hall–Kier alpha value is -2.40. The number of anilines is 1. The van der Waals surface area contributed by atoms with Crippen molar-refractivity contribution in [3.8, 4) is 0 Å². The SMILES string of the molecule is CC(CC(O)c1ccccc1)Nc1cccc(C(=O)O)n1. The molecule has 5 heteroatoms. The average Bonchev–Trinajstić information content (AvgIpc) is 2.48. The number of aliphatic hydroxyl groups is 1. The minimum absolute atomic E-state index is 0.00388. The average molecular weight is 286 g/mol. The molecule has 1 heterocycles. The molecular weight excluding hydrogens is 268 g/mol. The van der Waals surface area contributed by atoms with Crippen molar-refractivity contribution in [3.63, 3.8) is 0 Å². The smallest absolute Gasteiger partial charge is 0.354 e. The first-order chi connectivity index (χ1) is 10.1. The molecule has 0 spiro atoms. The molecule has 1 aromatic heterocycles. The summed E-state index contributed by atoms with van der Waals surface area (Å²) in [6.45, 7) is 1.92. The first kappa shape index (κ1) is 15.0. The first-order valence-electron chi connectivity index (χ1n) is 6.76. The fraction of sp³-hybridized carbons (Fsp3) is 0.250. The number of nitrogens with zero attached hydrogens (tertiary/aromatic N) is 1. The molecule has 0 fully saturated rings. The molecule has 1 aromatic carbocycles. The number of aromatic carboxylic acids is 1. The normalized spacial score (nSPS) is 13.4. The van der Waals surface area contributed by atoms with Crippen molar-refractivity contribution >= 4 is 11.8 Å². The number of hydrogen-bond donors (Lipinski definition) is 3. The van der Waals surface area contributed by atoms with Gasteiger partial charge in [0.25, 0.3) is 0 Å². The second-order valence-corrected chi connectivity index (χ2v) is 4.92. The summed E-state index contributed by atoms with van der Waals surface area (Å²) in [6, 6.07) is 14.2. The summed E-state index contributed by atoms with van der Waals surface area (Å²) in [7, 11) is 0. The molecule has 0 bridgehead atoms. The zero-order valence-corrected chi connectivity index (χ0v) is 11.7. The number of carboxylic acid groups (broad SMARTS) is 1. The van der Waals surface area contributed by atoms with E-state index >= 15 is 0 Å². The van der Waals surface area contributed by atoms with Crippen molar-refractivity contribution < 1.29 is 15.0 Å². The quantitative estimate of drug-likeness (QED) is 0.760. The number of benzene rings is 1. The molecule has 0 aliphatic rings. The zero-order valence-electron chi connectivity index (χ0n) is 11.7. The summed E-state index contributed by atoms with van der Waals surface area (Å²) in [4.78, 5) is 14.9. The number of aliphatic hydroxyl groups excluding tert-OH is 1. The number of pyridine rings is 1. The van der Waals surface area contributed by atoms with Gasteiger partial charge < -0.3 is 15.5 Å². The number of carboxylic acids is 1. The molecule has 3 N–H and O–H groups in total. The lowest BCUT2D eigenvalue weighted by molar-refractivity contribution is 0.0690. The van der Waals surface area contributed by atoms with E-state index in [1.54, 1.807) is 12.1 Å². The lowest BCUT2D eigenvalue weighted by atomic mass is 10.0. The van der Waals surface area contributed by atoms with Crippen LogP contribution in [0, 0.1) is 0 Å². The van der Waals surface area contributed by atoms with Gasteiger partial charge in [0.1, 0.15) is 5.82 Å². The zero-order chi connectivity index (χ0) is 15.2. The predicted octanol–water partition coefficient (Wildman–Crippen LogP) is 2.70. The molecule has 0 aliphatic heterocycles. The molecule has 2 atom stereocenters. The Labute approximate surface area is 123 Å². The van der Waals surface area contributed by atoms with Gasteiger partial charge in [-0.05, 0) is 31.0 Å². The second kappa shape index (κ2) is 6.85. The topological polar surface area (TPSA) is 82.5 Å². The Morgan fingerprint density at radius 2 is 1.90 bits per heavy atom. The predicted molar refractivity (Wildman–Crippen MR) is 80.3 cm³/mol. The van der Waals surface area contributed by atoms with Gasteiger partial charge in [0, 0.05) is 6.04 Å². The minimum atomic E-state index is -1.06. The van der Waals surface area contributed by atoms with Crippen molar-refractivity contribution in [1.29, 1.82) is 0 Å². The molecule has 2 aromatic rings. The van der Waals surface area contributed by atoms with Gasteiger partial charge in [0.05, 0.1) is 6.10 Å². The van der Waals surface area contributed by atoms with Crippen molar-refractivity contribution in [3.05, 3.63) is 59.8 Å². The van der Waals surface area contributed by atoms with Gasteiger partial charge in [0.15, 0.2) is 5.69 Å². The Morgan fingerprint density at radius 3 is 2.57 bits per heavy atom. The molecule has 110 valence electrons. The van der Waals surface area contributed by atoms with Crippen LogP contribution in [0.15, 0.2) is 48.5 Å². The van der Waals surface area contributed by atoms with E-state index in [1.807, 2.05) is 37.3 Å². The van der Waals surface area contributed by atoms with E-state index in [-0.39, 0.29) is 11.7 Å². The van der Waals surface area contributed by atoms with Gasteiger partial charge in [-0.15, -0.1) is 0 Å². The lowest BCUT2D eigenvalue weighted by Crippen LogP contribution is -2.20. The molecule has 0 saturated carbocycles. The third kappa shape index (κ3) is 4.29. The lowest BCUT2D eigenvalue weighted by Gasteiger charge is -2.18. The van der Waals surface area contributed by atoms with Crippen molar-refractivity contribution in [2.75, 3.05) is 5.32 Å². The van der Waals surface area contributed by atoms with Crippen molar-refractivity contribution in [2.24, 2.45) is 0 Å². The summed E-state index contributed by atoms with van der Waals surface area (Å²) in [6.07, 6.45) is -0.0698. The summed E-state index contributed by atoms with van der Waals surface area (Å²) in [5.41, 5.74) is 0.856. The summed E-state index contributed by atoms with van der Waals surface area (Å²) in [5, 5.41) is 22.2. The fourth-order valence-corrected chi connectivity index (χ4v) is 2.09. The van der Waals surface area contributed by atoms with Gasteiger partial charge in [-0.3, -0.25) is 0 Å².